The van der Waals surface area contributed by atoms with Crippen LogP contribution in [-0.2, 0) is 0 Å². The van der Waals surface area contributed by atoms with E-state index in [1.54, 1.807) is 0 Å². The summed E-state index contributed by atoms with van der Waals surface area (Å²) in [5, 5.41) is 4.69. The lowest BCUT2D eigenvalue weighted by molar-refractivity contribution is 0.0963. The van der Waals surface area contributed by atoms with Crippen LogP contribution in [0.1, 0.15) is 46.7 Å². The molecule has 23 nitrogen and oxygen atoms in total. The summed E-state index contributed by atoms with van der Waals surface area (Å²) < 4.78 is 0. The lowest BCUT2D eigenvalue weighted by Crippen LogP contribution is -2.46. The van der Waals surface area contributed by atoms with Gasteiger partial charge in [0.1, 0.15) is 0 Å². The Hall–Kier alpha value is -5.81. The van der Waals surface area contributed by atoms with E-state index in [-0.39, 0.29) is 69.0 Å². The molecule has 0 bridgehead atoms. The number of piperidine rings is 2. The lowest BCUT2D eigenvalue weighted by Gasteiger charge is -2.36. The highest BCUT2D eigenvalue weighted by Crippen LogP contribution is 2.26. The molecule has 3 aromatic rings. The highest BCUT2D eigenvalue weighted by Gasteiger charge is 2.28. The molecule has 0 aromatic carbocycles. The predicted molar refractivity (Wildman–Crippen MR) is 210 cm³/mol. The van der Waals surface area contributed by atoms with Crippen LogP contribution in [0.4, 0.5) is 41.1 Å². The monoisotopic (exact) mass is 799 g/mol. The first-order chi connectivity index (χ1) is 26.2. The number of likely N-dealkylation sites (N-methyl/N-ethyl adjacent to an activating group) is 1. The first kappa shape index (κ1) is 38.9. The molecule has 6 heterocycles. The number of nitrogens with two attached hydrogens (primary N) is 6. The zero-order chi connectivity index (χ0) is 39.4. The van der Waals surface area contributed by atoms with Gasteiger partial charge in [0.05, 0.1) is 12.1 Å². The van der Waals surface area contributed by atoms with E-state index in [1.165, 1.54) is 0 Å². The van der Waals surface area contributed by atoms with Gasteiger partial charge in [0, 0.05) is 52.4 Å². The third-order valence-corrected chi connectivity index (χ3v) is 9.80. The van der Waals surface area contributed by atoms with Crippen molar-refractivity contribution < 1.29 is 9.59 Å². The highest BCUT2D eigenvalue weighted by molar-refractivity contribution is 6.32. The number of carbonyl (C=O) groups is 2. The predicted octanol–water partition coefficient (Wildman–Crippen LogP) is -1.73. The number of nitrogen functional groups attached to an aromatic ring is 4. The van der Waals surface area contributed by atoms with Crippen LogP contribution in [0.15, 0.2) is 9.98 Å². The number of halogens is 2. The van der Waals surface area contributed by atoms with Crippen molar-refractivity contribution >= 4 is 88.1 Å². The molecule has 0 unspecified atom stereocenters. The second-order valence-electron chi connectivity index (χ2n) is 13.2. The van der Waals surface area contributed by atoms with Crippen molar-refractivity contribution in [2.24, 2.45) is 21.5 Å². The van der Waals surface area contributed by atoms with Crippen molar-refractivity contribution in [2.75, 3.05) is 97.0 Å². The Morgan fingerprint density at radius 2 is 0.909 bits per heavy atom. The van der Waals surface area contributed by atoms with Crippen molar-refractivity contribution in [3.8, 4) is 0 Å². The van der Waals surface area contributed by atoms with Crippen molar-refractivity contribution in [3.05, 3.63) is 21.7 Å². The number of rotatable bonds is 7. The van der Waals surface area contributed by atoms with E-state index in [0.29, 0.717) is 69.7 Å². The number of amides is 2. The lowest BCUT2D eigenvalue weighted by atomic mass is 10.1. The first-order valence-electron chi connectivity index (χ1n) is 17.4. The van der Waals surface area contributed by atoms with E-state index in [9.17, 15) is 9.59 Å². The largest absolute Gasteiger partial charge is 0.382 e. The zero-order valence-corrected chi connectivity index (χ0v) is 31.5. The maximum atomic E-state index is 12.7. The van der Waals surface area contributed by atoms with Crippen LogP contribution in [0, 0.1) is 0 Å². The fraction of sp³-hybridized carbons (Fsp3) is 0.500. The van der Waals surface area contributed by atoms with E-state index >= 15 is 0 Å². The Balaban J connectivity index is 1.09. The maximum absolute atomic E-state index is 12.7. The van der Waals surface area contributed by atoms with E-state index < -0.39 is 11.8 Å². The first-order valence-corrected chi connectivity index (χ1v) is 18.1. The Kier molecular flexibility index (Phi) is 11.8. The number of anilines is 7. The highest BCUT2D eigenvalue weighted by atomic mass is 35.5. The third kappa shape index (κ3) is 9.47. The summed E-state index contributed by atoms with van der Waals surface area (Å²) in [6.45, 7) is 5.69. The average Bonchev–Trinajstić information content (AvgIpc) is 3.15. The molecule has 25 heteroatoms. The topological polar surface area (TPSA) is 342 Å². The molecule has 3 aliphatic rings. The van der Waals surface area contributed by atoms with Gasteiger partial charge < -0.3 is 54.0 Å². The maximum Gasteiger partial charge on any atom is 0.280 e. The van der Waals surface area contributed by atoms with Gasteiger partial charge in [-0.1, -0.05) is 23.2 Å². The van der Waals surface area contributed by atoms with E-state index in [0.717, 1.165) is 26.2 Å². The second-order valence-corrected chi connectivity index (χ2v) is 13.9. The Labute approximate surface area is 325 Å². The average molecular weight is 801 g/mol. The van der Waals surface area contributed by atoms with Gasteiger partial charge in [0.2, 0.25) is 17.8 Å². The smallest absolute Gasteiger partial charge is 0.280 e. The number of aromatic nitrogens is 7. The number of piperazine rings is 1. The van der Waals surface area contributed by atoms with Gasteiger partial charge in [0.25, 0.3) is 11.8 Å². The molecule has 55 heavy (non-hydrogen) atoms. The normalized spacial score (nSPS) is 18.1. The van der Waals surface area contributed by atoms with Gasteiger partial charge in [-0.3, -0.25) is 20.2 Å². The summed E-state index contributed by atoms with van der Waals surface area (Å²) in [5.41, 5.74) is 34.5. The van der Waals surface area contributed by atoms with Crippen LogP contribution in [0.25, 0.3) is 0 Å². The van der Waals surface area contributed by atoms with Crippen molar-refractivity contribution in [1.29, 1.82) is 0 Å². The fourth-order valence-corrected chi connectivity index (χ4v) is 6.44. The van der Waals surface area contributed by atoms with Crippen LogP contribution in [0.5, 0.6) is 0 Å². The molecule has 3 aromatic heterocycles. The van der Waals surface area contributed by atoms with Crippen LogP contribution < -0.4 is 59.7 Å². The molecule has 0 atom stereocenters. The van der Waals surface area contributed by atoms with Gasteiger partial charge in [-0.2, -0.15) is 15.0 Å². The summed E-state index contributed by atoms with van der Waals surface area (Å²) >= 11 is 11.8. The molecule has 0 radical (unpaired) electrons. The molecule has 3 aliphatic heterocycles. The van der Waals surface area contributed by atoms with Crippen LogP contribution in [0.3, 0.4) is 0 Å². The number of carbonyl (C=O) groups excluding carboxylic acids is 2. The standard InChI is InChI=1S/C30H43Cl2N21O2/c1-50-10-12-53(13-11-50)30-48-28(51-6-2-14(3-7-51)39-26(37)45-24(54)16-20(33)43-22(35)18(31)41-16)47-29(49-30)52-8-4-15(5-9-52)40-27(38)46-25(55)17-21(34)44-23(36)19(32)42-17/h14-15H,2-13H2,1H3,(H4,33,35,43)(H4,34,36,44)(H3,37,39,45,54)(H3,38,40,46,55). The minimum Gasteiger partial charge on any atom is -0.382 e. The van der Waals surface area contributed by atoms with E-state index in [1.807, 2.05) is 0 Å². The van der Waals surface area contributed by atoms with Crippen LogP contribution in [-0.4, -0.2) is 135 Å². The number of aliphatic imine (C=N–C) groups is 2. The van der Waals surface area contributed by atoms with Crippen molar-refractivity contribution in [2.45, 2.75) is 37.8 Å². The Morgan fingerprint density at radius 1 is 0.564 bits per heavy atom. The minimum absolute atomic E-state index is 0.0833. The number of hydrogen-bond acceptors (Lipinski definition) is 19. The molecule has 6 rings (SSSR count). The summed E-state index contributed by atoms with van der Waals surface area (Å²) in [6.07, 6.45) is 2.51. The molecule has 2 amide bonds. The molecule has 3 fully saturated rings. The molecule has 0 saturated carbocycles. The summed E-state index contributed by atoms with van der Waals surface area (Å²) in [7, 11) is 2.09. The third-order valence-electron chi connectivity index (χ3n) is 9.25. The number of nitrogens with one attached hydrogen (secondary N) is 2. The molecule has 14 N–H and O–H groups in total. The second kappa shape index (κ2) is 16.7. The van der Waals surface area contributed by atoms with Gasteiger partial charge in [-0.25, -0.2) is 29.9 Å². The fourth-order valence-electron chi connectivity index (χ4n) is 6.19. The molecule has 0 spiro atoms. The quantitative estimate of drug-likeness (QED) is 0.0971. The van der Waals surface area contributed by atoms with Crippen molar-refractivity contribution in [3.63, 3.8) is 0 Å². The van der Waals surface area contributed by atoms with E-state index in [2.05, 4.69) is 67.2 Å². The summed E-state index contributed by atoms with van der Waals surface area (Å²) in [5.74, 6) is -0.363. The van der Waals surface area contributed by atoms with Gasteiger partial charge in [0.15, 0.2) is 56.9 Å². The molecule has 3 saturated heterocycles. The Morgan fingerprint density at radius 3 is 1.27 bits per heavy atom. The SMILES string of the molecule is CN1CCN(c2nc(N3CCC(N=C(N)NC(=O)c4nc(Cl)c(N)nc4N)CC3)nc(N3CCC(N=C(N)NC(=O)c4nc(Cl)c(N)nc4N)CC3)n2)CC1. The van der Waals surface area contributed by atoms with Crippen LogP contribution >= 0.6 is 23.2 Å². The summed E-state index contributed by atoms with van der Waals surface area (Å²) in [6, 6.07) is -0.334. The molecule has 294 valence electrons. The number of guanidine groups is 2. The molecular weight excluding hydrogens is 757 g/mol. The molecule has 0 aliphatic carbocycles. The van der Waals surface area contributed by atoms with Gasteiger partial charge >= 0.3 is 0 Å². The minimum atomic E-state index is -0.702. The zero-order valence-electron chi connectivity index (χ0n) is 30.0. The van der Waals surface area contributed by atoms with Gasteiger partial charge in [-0.05, 0) is 32.7 Å². The van der Waals surface area contributed by atoms with Crippen LogP contribution in [0.2, 0.25) is 10.3 Å². The molecular formula is C30H43Cl2N21O2. The van der Waals surface area contributed by atoms with Crippen molar-refractivity contribution in [1.82, 2.24) is 50.4 Å². The number of nitrogens with zero attached hydrogens (tertiary/aromatic N) is 13. The van der Waals surface area contributed by atoms with E-state index in [4.69, 9.17) is 72.6 Å². The van der Waals surface area contributed by atoms with Gasteiger partial charge in [-0.15, -0.1) is 0 Å². The summed E-state index contributed by atoms with van der Waals surface area (Å²) in [4.78, 5) is 73.3. The number of hydrogen-bond donors (Lipinski definition) is 8. The Bertz CT molecular complexity index is 1850.